The molecule has 0 spiro atoms. The Bertz CT molecular complexity index is 2000. The van der Waals surface area contributed by atoms with Crippen molar-refractivity contribution in [2.45, 2.75) is 73.8 Å². The largest absolute Gasteiger partial charge is 0.337 e. The van der Waals surface area contributed by atoms with E-state index in [1.54, 1.807) is 0 Å². The van der Waals surface area contributed by atoms with Gasteiger partial charge in [0, 0.05) is 39.4 Å². The van der Waals surface area contributed by atoms with Crippen LogP contribution in [0.2, 0.25) is 0 Å². The van der Waals surface area contributed by atoms with Crippen LogP contribution >= 0.6 is 0 Å². The first-order chi connectivity index (χ1) is 21.9. The number of benzene rings is 4. The second-order valence-corrected chi connectivity index (χ2v) is 14.0. The third-order valence-corrected chi connectivity index (χ3v) is 10.8. The number of nitrogens with zero attached hydrogens (tertiary/aromatic N) is 3. The second-order valence-electron chi connectivity index (χ2n) is 14.0. The Kier molecular flexibility index (Phi) is 6.97. The summed E-state index contributed by atoms with van der Waals surface area (Å²) in [7, 11) is 0. The summed E-state index contributed by atoms with van der Waals surface area (Å²) in [5.74, 6) is 1.59. The van der Waals surface area contributed by atoms with E-state index in [-0.39, 0.29) is 16.9 Å². The smallest absolute Gasteiger partial charge is 0.177 e. The number of para-hydroxylation sites is 2. The second kappa shape index (κ2) is 10.7. The van der Waals surface area contributed by atoms with Gasteiger partial charge in [0.1, 0.15) is 0 Å². The third kappa shape index (κ3) is 4.41. The van der Waals surface area contributed by atoms with Gasteiger partial charge in [-0.25, -0.2) is 9.97 Å². The minimum Gasteiger partial charge on any atom is -0.337 e. The lowest BCUT2D eigenvalue weighted by Gasteiger charge is -2.56. The first-order valence-electron chi connectivity index (χ1n) is 16.4. The Balaban J connectivity index is 1.63. The molecule has 1 N–H and O–H groups in total. The molecular weight excluding hydrogens is 560 g/mol. The van der Waals surface area contributed by atoms with Crippen LogP contribution in [0.4, 0.5) is 23.0 Å². The number of hydrogen-bond donors (Lipinski definition) is 1. The van der Waals surface area contributed by atoms with Gasteiger partial charge in [-0.3, -0.25) is 0 Å². The predicted molar refractivity (Wildman–Crippen MR) is 194 cm³/mol. The molecule has 0 saturated heterocycles. The van der Waals surface area contributed by atoms with Crippen molar-refractivity contribution in [3.8, 4) is 22.5 Å². The highest BCUT2D eigenvalue weighted by atomic mass is 15.3. The van der Waals surface area contributed by atoms with Gasteiger partial charge in [-0.1, -0.05) is 97.8 Å². The number of aryl methyl sites for hydroxylation is 6. The van der Waals surface area contributed by atoms with Crippen LogP contribution in [0.3, 0.4) is 0 Å². The molecule has 46 heavy (non-hydrogen) atoms. The quantitative estimate of drug-likeness (QED) is 0.208. The van der Waals surface area contributed by atoms with Crippen LogP contribution in [0.1, 0.15) is 59.7 Å². The van der Waals surface area contributed by atoms with E-state index in [0.29, 0.717) is 0 Å². The fourth-order valence-corrected chi connectivity index (χ4v) is 8.24. The lowest BCUT2D eigenvalue weighted by Crippen LogP contribution is -2.56. The van der Waals surface area contributed by atoms with Gasteiger partial charge < -0.3 is 10.2 Å². The molecule has 3 atom stereocenters. The number of aromatic nitrogens is 2. The molecule has 3 unspecified atom stereocenters. The Labute approximate surface area is 274 Å². The van der Waals surface area contributed by atoms with Crippen LogP contribution in [0.15, 0.2) is 91.0 Å². The maximum Gasteiger partial charge on any atom is 0.177 e. The Morgan fingerprint density at radius 2 is 1.17 bits per heavy atom. The zero-order valence-electron chi connectivity index (χ0n) is 28.6. The Hall–Kier alpha value is -4.70. The molecule has 0 bridgehead atoms. The van der Waals surface area contributed by atoms with Crippen molar-refractivity contribution in [1.82, 2.24) is 9.97 Å². The van der Waals surface area contributed by atoms with E-state index in [9.17, 15) is 0 Å². The van der Waals surface area contributed by atoms with Crippen molar-refractivity contribution in [1.29, 1.82) is 0 Å². The van der Waals surface area contributed by atoms with Crippen molar-refractivity contribution >= 4 is 23.0 Å². The van der Waals surface area contributed by atoms with Crippen LogP contribution in [0.25, 0.3) is 22.5 Å². The highest BCUT2D eigenvalue weighted by molar-refractivity contribution is 5.89. The summed E-state index contributed by atoms with van der Waals surface area (Å²) in [6.07, 6.45) is 4.77. The van der Waals surface area contributed by atoms with Crippen molar-refractivity contribution in [3.05, 3.63) is 130 Å². The molecule has 1 aromatic heterocycles. The van der Waals surface area contributed by atoms with Crippen molar-refractivity contribution < 1.29 is 0 Å². The lowest BCUT2D eigenvalue weighted by molar-refractivity contribution is 0.190. The summed E-state index contributed by atoms with van der Waals surface area (Å²) >= 11 is 0. The molecule has 4 heteroatoms. The normalized spacial score (nSPS) is 21.6. The number of fused-ring (bicyclic) bond motifs is 4. The molecule has 1 aliphatic heterocycles. The summed E-state index contributed by atoms with van der Waals surface area (Å²) in [5, 5.41) is 3.86. The molecule has 1 aliphatic carbocycles. The molecular formula is C42H44N4. The van der Waals surface area contributed by atoms with Gasteiger partial charge in [-0.05, 0) is 94.5 Å². The van der Waals surface area contributed by atoms with Crippen molar-refractivity contribution in [3.63, 3.8) is 0 Å². The zero-order chi connectivity index (χ0) is 32.5. The molecule has 2 heterocycles. The monoisotopic (exact) mass is 604 g/mol. The molecule has 2 aliphatic rings. The van der Waals surface area contributed by atoms with Crippen LogP contribution < -0.4 is 10.2 Å². The van der Waals surface area contributed by atoms with Gasteiger partial charge in [0.15, 0.2) is 11.6 Å². The van der Waals surface area contributed by atoms with Gasteiger partial charge in [0.25, 0.3) is 0 Å². The topological polar surface area (TPSA) is 41.1 Å². The van der Waals surface area contributed by atoms with Gasteiger partial charge in [-0.2, -0.15) is 0 Å². The van der Waals surface area contributed by atoms with Gasteiger partial charge in [0.05, 0.1) is 11.4 Å². The van der Waals surface area contributed by atoms with E-state index < -0.39 is 0 Å². The van der Waals surface area contributed by atoms with E-state index in [2.05, 4.69) is 164 Å². The summed E-state index contributed by atoms with van der Waals surface area (Å²) in [6, 6.07) is 28.5. The van der Waals surface area contributed by atoms with E-state index in [1.807, 2.05) is 0 Å². The van der Waals surface area contributed by atoms with E-state index in [4.69, 9.17) is 9.97 Å². The molecule has 0 radical (unpaired) electrons. The average Bonchev–Trinajstić information content (AvgIpc) is 3.02. The zero-order valence-corrected chi connectivity index (χ0v) is 28.6. The van der Waals surface area contributed by atoms with Crippen LogP contribution in [-0.2, 0) is 5.41 Å². The van der Waals surface area contributed by atoms with Crippen molar-refractivity contribution in [2.75, 3.05) is 10.2 Å². The van der Waals surface area contributed by atoms with Crippen molar-refractivity contribution in [2.24, 2.45) is 5.41 Å². The maximum atomic E-state index is 5.75. The number of allylic oxidation sites excluding steroid dienone is 1. The number of nitrogens with one attached hydrogen (secondary N) is 1. The molecule has 4 aromatic carbocycles. The first-order valence-corrected chi connectivity index (χ1v) is 16.4. The molecule has 4 nitrogen and oxygen atoms in total. The molecule has 5 aromatic rings. The predicted octanol–water partition coefficient (Wildman–Crippen LogP) is 10.8. The Morgan fingerprint density at radius 1 is 0.652 bits per heavy atom. The van der Waals surface area contributed by atoms with E-state index in [0.717, 1.165) is 45.5 Å². The molecule has 7 rings (SSSR count). The van der Waals surface area contributed by atoms with Crippen LogP contribution in [-0.4, -0.2) is 16.0 Å². The van der Waals surface area contributed by atoms with Gasteiger partial charge >= 0.3 is 0 Å². The summed E-state index contributed by atoms with van der Waals surface area (Å²) in [5.41, 5.74) is 14.5. The number of hydrogen-bond acceptors (Lipinski definition) is 4. The average molecular weight is 605 g/mol. The number of rotatable bonds is 3. The SMILES string of the molecule is Cc1cc(C)c(-c2nc3c(nc2-c2c(C)cc(C)cc2C)N(c2ccccc2)C(C)C2(C)C=CC2(C)c2ccccc2N3)c(C)c1. The Morgan fingerprint density at radius 3 is 1.72 bits per heavy atom. The molecule has 0 amide bonds. The standard InChI is InChI=1S/C42H44N4/c1-25-21-27(3)35(28(4)22-25)37-38(36-29(5)23-26(2)24-30(36)6)45-40-39(44-37)43-34-18-14-13-17-33(34)42(9)20-19-41(42,8)31(7)46(40)32-15-11-10-12-16-32/h10-24,31H,1-9H3,(H,43,44). The summed E-state index contributed by atoms with van der Waals surface area (Å²) in [6.45, 7) is 20.2. The summed E-state index contributed by atoms with van der Waals surface area (Å²) in [4.78, 5) is 13.8. The summed E-state index contributed by atoms with van der Waals surface area (Å²) < 4.78 is 0. The van der Waals surface area contributed by atoms with E-state index in [1.165, 1.54) is 38.9 Å². The highest BCUT2D eigenvalue weighted by Gasteiger charge is 2.55. The molecule has 0 saturated carbocycles. The minimum absolute atomic E-state index is 0.0627. The van der Waals surface area contributed by atoms with Crippen LogP contribution in [0.5, 0.6) is 0 Å². The highest BCUT2D eigenvalue weighted by Crippen LogP contribution is 2.59. The third-order valence-electron chi connectivity index (χ3n) is 10.8. The van der Waals surface area contributed by atoms with Crippen LogP contribution in [0, 0.1) is 47.0 Å². The van der Waals surface area contributed by atoms with E-state index >= 15 is 0 Å². The maximum absolute atomic E-state index is 5.75. The molecule has 232 valence electrons. The minimum atomic E-state index is -0.189. The molecule has 0 fully saturated rings. The fraction of sp³-hybridized carbons (Fsp3) is 0.286. The lowest BCUT2D eigenvalue weighted by atomic mass is 9.51. The van der Waals surface area contributed by atoms with Gasteiger partial charge in [-0.15, -0.1) is 0 Å². The van der Waals surface area contributed by atoms with Gasteiger partial charge in [0.2, 0.25) is 0 Å². The number of anilines is 4. The first kappa shape index (κ1) is 30.0. The fourth-order valence-electron chi connectivity index (χ4n) is 8.24.